The molecule has 6 heteroatoms. The minimum absolute atomic E-state index is 0.404. The number of hydrogen-bond donors (Lipinski definition) is 0. The number of nitrogens with zero attached hydrogens (tertiary/aromatic N) is 3. The molecule has 21 heavy (non-hydrogen) atoms. The Morgan fingerprint density at radius 3 is 2.90 bits per heavy atom. The topological polar surface area (TPSA) is 75.8 Å². The maximum Gasteiger partial charge on any atom is 0.268 e. The van der Waals surface area contributed by atoms with Crippen LogP contribution in [-0.4, -0.2) is 10.1 Å². The van der Waals surface area contributed by atoms with Crippen LogP contribution in [0.5, 0.6) is 0 Å². The van der Waals surface area contributed by atoms with Gasteiger partial charge in [0.05, 0.1) is 10.4 Å². The zero-order valence-corrected chi connectivity index (χ0v) is 11.4. The van der Waals surface area contributed by atoms with Gasteiger partial charge >= 0.3 is 0 Å². The maximum atomic E-state index is 8.85. The Hall–Kier alpha value is -2.91. The number of benzene rings is 1. The molecule has 0 N–H and O–H groups in total. The number of rotatable bonds is 2. The van der Waals surface area contributed by atoms with Gasteiger partial charge in [0, 0.05) is 5.39 Å². The first-order valence-corrected chi connectivity index (χ1v) is 6.97. The van der Waals surface area contributed by atoms with Crippen molar-refractivity contribution < 1.29 is 8.94 Å². The molecule has 5 nitrogen and oxygen atoms in total. The van der Waals surface area contributed by atoms with Gasteiger partial charge < -0.3 is 8.94 Å². The fraction of sp³-hybridized carbons (Fsp3) is 0. The van der Waals surface area contributed by atoms with E-state index in [9.17, 15) is 0 Å². The normalized spacial score (nSPS) is 10.8. The van der Waals surface area contributed by atoms with Gasteiger partial charge in [0.15, 0.2) is 0 Å². The lowest BCUT2D eigenvalue weighted by molar-refractivity contribution is 0.433. The van der Waals surface area contributed by atoms with Gasteiger partial charge in [-0.25, -0.2) is 0 Å². The van der Waals surface area contributed by atoms with Crippen LogP contribution in [-0.2, 0) is 0 Å². The standard InChI is InChI=1S/C15H7N3O2S/c16-7-9-5-6-13(21-9)15-17-14(18-20-15)11-8-19-12-4-2-1-3-10(11)12/h1-6,8H. The third kappa shape index (κ3) is 1.91. The molecule has 0 spiro atoms. The Labute approximate surface area is 123 Å². The van der Waals surface area contributed by atoms with Crippen molar-refractivity contribution in [3.05, 3.63) is 47.5 Å². The number of para-hydroxylation sites is 1. The SMILES string of the molecule is N#Cc1ccc(-c2nc(-c3coc4ccccc34)no2)s1. The van der Waals surface area contributed by atoms with Crippen molar-refractivity contribution in [2.24, 2.45) is 0 Å². The van der Waals surface area contributed by atoms with Gasteiger partial charge in [-0.3, -0.25) is 0 Å². The highest BCUT2D eigenvalue weighted by Crippen LogP contribution is 2.32. The summed E-state index contributed by atoms with van der Waals surface area (Å²) in [5, 5.41) is 13.8. The van der Waals surface area contributed by atoms with Crippen LogP contribution in [0, 0.1) is 11.3 Å². The van der Waals surface area contributed by atoms with Crippen LogP contribution >= 0.6 is 11.3 Å². The minimum atomic E-state index is 0.404. The Morgan fingerprint density at radius 2 is 2.05 bits per heavy atom. The highest BCUT2D eigenvalue weighted by Gasteiger charge is 2.16. The molecular weight excluding hydrogens is 286 g/mol. The zero-order valence-electron chi connectivity index (χ0n) is 10.6. The molecule has 4 aromatic rings. The first kappa shape index (κ1) is 11.9. The number of furan rings is 1. The van der Waals surface area contributed by atoms with E-state index in [-0.39, 0.29) is 0 Å². The Bertz CT molecular complexity index is 974. The fourth-order valence-corrected chi connectivity index (χ4v) is 2.82. The summed E-state index contributed by atoms with van der Waals surface area (Å²) in [7, 11) is 0. The summed E-state index contributed by atoms with van der Waals surface area (Å²) in [5.41, 5.74) is 1.57. The first-order chi connectivity index (χ1) is 10.3. The molecule has 0 unspecified atom stereocenters. The van der Waals surface area contributed by atoms with E-state index in [1.54, 1.807) is 18.4 Å². The van der Waals surface area contributed by atoms with Crippen LogP contribution in [0.25, 0.3) is 33.1 Å². The number of thiophene rings is 1. The van der Waals surface area contributed by atoms with Crippen molar-refractivity contribution in [1.29, 1.82) is 5.26 Å². The molecule has 0 aliphatic heterocycles. The lowest BCUT2D eigenvalue weighted by Gasteiger charge is -1.88. The van der Waals surface area contributed by atoms with E-state index in [0.29, 0.717) is 16.6 Å². The predicted molar refractivity (Wildman–Crippen MR) is 77.5 cm³/mol. The third-order valence-corrected chi connectivity index (χ3v) is 4.05. The fourth-order valence-electron chi connectivity index (χ4n) is 2.10. The number of fused-ring (bicyclic) bond motifs is 1. The summed E-state index contributed by atoms with van der Waals surface area (Å²) in [4.78, 5) is 5.77. The van der Waals surface area contributed by atoms with Crippen molar-refractivity contribution in [1.82, 2.24) is 10.1 Å². The monoisotopic (exact) mass is 293 g/mol. The zero-order chi connectivity index (χ0) is 14.2. The summed E-state index contributed by atoms with van der Waals surface area (Å²) >= 11 is 1.32. The molecule has 0 bridgehead atoms. The van der Waals surface area contributed by atoms with Crippen LogP contribution in [0.3, 0.4) is 0 Å². The van der Waals surface area contributed by atoms with Crippen molar-refractivity contribution in [3.63, 3.8) is 0 Å². The van der Waals surface area contributed by atoms with Gasteiger partial charge in [0.2, 0.25) is 5.82 Å². The Morgan fingerprint density at radius 1 is 1.14 bits per heavy atom. The van der Waals surface area contributed by atoms with Gasteiger partial charge in [-0.05, 0) is 18.2 Å². The molecule has 0 fully saturated rings. The number of hydrogen-bond acceptors (Lipinski definition) is 6. The smallest absolute Gasteiger partial charge is 0.268 e. The second-order valence-corrected chi connectivity index (χ2v) is 5.43. The van der Waals surface area contributed by atoms with Crippen LogP contribution in [0.4, 0.5) is 0 Å². The van der Waals surface area contributed by atoms with Crippen LogP contribution in [0.2, 0.25) is 0 Å². The second-order valence-electron chi connectivity index (χ2n) is 4.34. The lowest BCUT2D eigenvalue weighted by atomic mass is 10.2. The molecule has 1 aromatic carbocycles. The Kier molecular flexibility index (Phi) is 2.59. The van der Waals surface area contributed by atoms with Crippen molar-refractivity contribution in [3.8, 4) is 28.2 Å². The van der Waals surface area contributed by atoms with E-state index in [4.69, 9.17) is 14.2 Å². The van der Waals surface area contributed by atoms with Gasteiger partial charge in [-0.1, -0.05) is 23.4 Å². The average Bonchev–Trinajstić information content (AvgIpc) is 3.24. The molecule has 0 atom stereocenters. The Balaban J connectivity index is 1.79. The van der Waals surface area contributed by atoms with Gasteiger partial charge in [0.25, 0.3) is 5.89 Å². The van der Waals surface area contributed by atoms with Crippen molar-refractivity contribution in [2.75, 3.05) is 0 Å². The first-order valence-electron chi connectivity index (χ1n) is 6.16. The summed E-state index contributed by atoms with van der Waals surface area (Å²) < 4.78 is 10.8. The van der Waals surface area contributed by atoms with Crippen LogP contribution < -0.4 is 0 Å². The number of aromatic nitrogens is 2. The van der Waals surface area contributed by atoms with Gasteiger partial charge in [-0.15, -0.1) is 11.3 Å². The van der Waals surface area contributed by atoms with E-state index in [1.165, 1.54) is 11.3 Å². The maximum absolute atomic E-state index is 8.85. The highest BCUT2D eigenvalue weighted by molar-refractivity contribution is 7.15. The van der Waals surface area contributed by atoms with Crippen molar-refractivity contribution >= 4 is 22.3 Å². The van der Waals surface area contributed by atoms with E-state index >= 15 is 0 Å². The summed E-state index contributed by atoms with van der Waals surface area (Å²) in [5.74, 6) is 0.878. The van der Waals surface area contributed by atoms with Gasteiger partial charge in [-0.2, -0.15) is 10.2 Å². The van der Waals surface area contributed by atoms with E-state index in [1.807, 2.05) is 24.3 Å². The minimum Gasteiger partial charge on any atom is -0.464 e. The molecule has 0 amide bonds. The average molecular weight is 293 g/mol. The second kappa shape index (κ2) is 4.58. The molecule has 0 saturated carbocycles. The molecule has 0 aliphatic rings. The number of nitriles is 1. The van der Waals surface area contributed by atoms with Gasteiger partial charge in [0.1, 0.15) is 22.8 Å². The summed E-state index contributed by atoms with van der Waals surface area (Å²) in [6.45, 7) is 0. The molecule has 4 rings (SSSR count). The van der Waals surface area contributed by atoms with Crippen molar-refractivity contribution in [2.45, 2.75) is 0 Å². The molecule has 100 valence electrons. The van der Waals surface area contributed by atoms with Crippen LogP contribution in [0.15, 0.2) is 51.6 Å². The van der Waals surface area contributed by atoms with E-state index < -0.39 is 0 Å². The molecule has 0 radical (unpaired) electrons. The largest absolute Gasteiger partial charge is 0.464 e. The molecule has 0 saturated heterocycles. The third-order valence-electron chi connectivity index (χ3n) is 3.07. The summed E-state index contributed by atoms with van der Waals surface area (Å²) in [6.07, 6.45) is 1.62. The predicted octanol–water partition coefficient (Wildman–Crippen LogP) is 4.08. The molecule has 3 aromatic heterocycles. The highest BCUT2D eigenvalue weighted by atomic mass is 32.1. The molecule has 0 aliphatic carbocycles. The van der Waals surface area contributed by atoms with E-state index in [0.717, 1.165) is 21.4 Å². The molecular formula is C15H7N3O2S. The summed E-state index contributed by atoms with van der Waals surface area (Å²) in [6, 6.07) is 13.3. The van der Waals surface area contributed by atoms with E-state index in [2.05, 4.69) is 16.2 Å². The van der Waals surface area contributed by atoms with Crippen LogP contribution in [0.1, 0.15) is 4.88 Å². The lowest BCUT2D eigenvalue weighted by Crippen LogP contribution is -1.78. The quantitative estimate of drug-likeness (QED) is 0.556. The molecule has 3 heterocycles.